The second kappa shape index (κ2) is 3.15. The first-order valence-corrected chi connectivity index (χ1v) is 8.11. The van der Waals surface area contributed by atoms with Gasteiger partial charge in [-0.15, -0.1) is 0 Å². The van der Waals surface area contributed by atoms with Crippen LogP contribution >= 0.6 is 0 Å². The molecule has 0 aromatic carbocycles. The van der Waals surface area contributed by atoms with Crippen molar-refractivity contribution in [1.29, 1.82) is 0 Å². The van der Waals surface area contributed by atoms with E-state index >= 15 is 0 Å². The number of hydrogen-bond acceptors (Lipinski definition) is 1. The summed E-state index contributed by atoms with van der Waals surface area (Å²) >= 11 is 0. The van der Waals surface area contributed by atoms with E-state index in [-0.39, 0.29) is 0 Å². The van der Waals surface area contributed by atoms with E-state index in [9.17, 15) is 0 Å². The van der Waals surface area contributed by atoms with Crippen LogP contribution in [0.5, 0.6) is 0 Å². The highest BCUT2D eigenvalue weighted by atomic mass is 28.4. The molecule has 0 aromatic heterocycles. The molecule has 1 aliphatic heterocycles. The molecule has 1 aliphatic rings. The summed E-state index contributed by atoms with van der Waals surface area (Å²) in [5.74, 6) is 0. The smallest absolute Gasteiger partial charge is 0.187 e. The molecule has 1 fully saturated rings. The lowest BCUT2D eigenvalue weighted by molar-refractivity contribution is 0.0573. The summed E-state index contributed by atoms with van der Waals surface area (Å²) in [5, 5.41) is 0. The van der Waals surface area contributed by atoms with Crippen LogP contribution in [-0.4, -0.2) is 14.4 Å². The van der Waals surface area contributed by atoms with Gasteiger partial charge in [-0.2, -0.15) is 0 Å². The molecule has 1 unspecified atom stereocenters. The molecule has 1 atom stereocenters. The molecule has 0 aromatic rings. The van der Waals surface area contributed by atoms with Crippen LogP contribution in [0.4, 0.5) is 0 Å². The summed E-state index contributed by atoms with van der Waals surface area (Å²) < 4.78 is 6.18. The minimum absolute atomic E-state index is 0.338. The molecule has 1 saturated heterocycles. The van der Waals surface area contributed by atoms with E-state index in [1.807, 2.05) is 0 Å². The lowest BCUT2D eigenvalue weighted by atomic mass is 9.87. The Morgan fingerprint density at radius 2 is 1.83 bits per heavy atom. The molecule has 1 heterocycles. The largest absolute Gasteiger partial charge is 0.414 e. The van der Waals surface area contributed by atoms with Gasteiger partial charge in [0.1, 0.15) is 0 Å². The van der Waals surface area contributed by atoms with Crippen LogP contribution < -0.4 is 0 Å². The third-order valence-corrected chi connectivity index (χ3v) is 5.15. The van der Waals surface area contributed by atoms with Crippen molar-refractivity contribution in [2.24, 2.45) is 5.41 Å². The summed E-state index contributed by atoms with van der Waals surface area (Å²) in [6.45, 7) is 11.5. The maximum atomic E-state index is 6.18. The van der Waals surface area contributed by atoms with Crippen molar-refractivity contribution in [3.63, 3.8) is 0 Å². The predicted molar refractivity (Wildman–Crippen MR) is 55.9 cm³/mol. The summed E-state index contributed by atoms with van der Waals surface area (Å²) in [7, 11) is -1.26. The summed E-state index contributed by atoms with van der Waals surface area (Å²) in [4.78, 5) is 0. The molecule has 0 amide bonds. The van der Waals surface area contributed by atoms with Gasteiger partial charge in [0.25, 0.3) is 0 Å². The van der Waals surface area contributed by atoms with E-state index in [2.05, 4.69) is 33.9 Å². The quantitative estimate of drug-likeness (QED) is 0.527. The molecular formula is C10H22OSi. The lowest BCUT2D eigenvalue weighted by Crippen LogP contribution is -2.44. The predicted octanol–water partition coefficient (Wildman–Crippen LogP) is 3.42. The Labute approximate surface area is 77.6 Å². The second-order valence-electron chi connectivity index (χ2n) is 5.62. The van der Waals surface area contributed by atoms with Gasteiger partial charge in [0, 0.05) is 6.10 Å². The van der Waals surface area contributed by atoms with Gasteiger partial charge in [0.2, 0.25) is 0 Å². The molecular weight excluding hydrogens is 164 g/mol. The van der Waals surface area contributed by atoms with Gasteiger partial charge in [-0.05, 0) is 31.0 Å². The molecule has 1 nitrogen and oxygen atoms in total. The second-order valence-corrected chi connectivity index (χ2v) is 9.88. The first-order chi connectivity index (χ1) is 5.31. The molecule has 0 saturated carbocycles. The Bertz CT molecular complexity index is 154. The third kappa shape index (κ3) is 2.59. The van der Waals surface area contributed by atoms with Crippen LogP contribution in [0.2, 0.25) is 19.1 Å². The van der Waals surface area contributed by atoms with E-state index in [1.165, 1.54) is 18.9 Å². The lowest BCUT2D eigenvalue weighted by Gasteiger charge is -2.41. The molecule has 0 N–H and O–H groups in total. The van der Waals surface area contributed by atoms with Crippen LogP contribution in [0.3, 0.4) is 0 Å². The van der Waals surface area contributed by atoms with Crippen LogP contribution in [0.1, 0.15) is 33.6 Å². The highest BCUT2D eigenvalue weighted by Crippen LogP contribution is 2.35. The van der Waals surface area contributed by atoms with Crippen molar-refractivity contribution in [2.75, 3.05) is 0 Å². The van der Waals surface area contributed by atoms with Crippen LogP contribution in [-0.2, 0) is 4.43 Å². The van der Waals surface area contributed by atoms with Gasteiger partial charge in [-0.3, -0.25) is 0 Å². The Kier molecular flexibility index (Phi) is 2.69. The number of rotatable bonds is 0. The van der Waals surface area contributed by atoms with Crippen molar-refractivity contribution in [1.82, 2.24) is 0 Å². The van der Waals surface area contributed by atoms with Crippen molar-refractivity contribution >= 4 is 8.32 Å². The molecule has 0 bridgehead atoms. The SMILES string of the molecule is CC(C)(C)C1CCC[Si](C)(C)O1. The monoisotopic (exact) mass is 186 g/mol. The molecule has 72 valence electrons. The van der Waals surface area contributed by atoms with Crippen LogP contribution in [0, 0.1) is 5.41 Å². The summed E-state index contributed by atoms with van der Waals surface area (Å²) in [5.41, 5.74) is 0.338. The van der Waals surface area contributed by atoms with Crippen molar-refractivity contribution < 1.29 is 4.43 Å². The van der Waals surface area contributed by atoms with Gasteiger partial charge in [0.05, 0.1) is 0 Å². The molecule has 0 aliphatic carbocycles. The van der Waals surface area contributed by atoms with Crippen molar-refractivity contribution in [3.8, 4) is 0 Å². The van der Waals surface area contributed by atoms with Gasteiger partial charge < -0.3 is 4.43 Å². The van der Waals surface area contributed by atoms with E-state index < -0.39 is 8.32 Å². The van der Waals surface area contributed by atoms with Gasteiger partial charge >= 0.3 is 0 Å². The van der Waals surface area contributed by atoms with Crippen LogP contribution in [0.15, 0.2) is 0 Å². The maximum Gasteiger partial charge on any atom is 0.187 e. The van der Waals surface area contributed by atoms with E-state index in [0.29, 0.717) is 11.5 Å². The first-order valence-electron chi connectivity index (χ1n) is 4.99. The van der Waals surface area contributed by atoms with Gasteiger partial charge in [-0.1, -0.05) is 27.2 Å². The van der Waals surface area contributed by atoms with Crippen molar-refractivity contribution in [2.45, 2.75) is 58.9 Å². The number of hydrogen-bond donors (Lipinski definition) is 0. The average Bonchev–Trinajstić information content (AvgIpc) is 1.83. The Balaban J connectivity index is 2.58. The first kappa shape index (κ1) is 10.3. The Morgan fingerprint density at radius 3 is 2.17 bits per heavy atom. The fraction of sp³-hybridized carbons (Fsp3) is 1.00. The fourth-order valence-corrected chi connectivity index (χ4v) is 4.24. The molecule has 0 radical (unpaired) electrons. The minimum atomic E-state index is -1.26. The summed E-state index contributed by atoms with van der Waals surface area (Å²) in [6, 6.07) is 1.35. The fourth-order valence-electron chi connectivity index (χ4n) is 1.83. The molecule has 1 rings (SSSR count). The maximum absolute atomic E-state index is 6.18. The topological polar surface area (TPSA) is 9.23 Å². The normalized spacial score (nSPS) is 30.2. The minimum Gasteiger partial charge on any atom is -0.414 e. The zero-order valence-electron chi connectivity index (χ0n) is 9.11. The summed E-state index contributed by atoms with van der Waals surface area (Å²) in [6.07, 6.45) is 3.15. The Hall–Kier alpha value is 0.177. The standard InChI is InChI=1S/C10H22OSi/c1-10(2,3)9-7-6-8-12(4,5)11-9/h9H,6-8H2,1-5H3. The highest BCUT2D eigenvalue weighted by Gasteiger charge is 2.36. The van der Waals surface area contributed by atoms with Gasteiger partial charge in [0.15, 0.2) is 8.32 Å². The molecule has 2 heteroatoms. The zero-order valence-corrected chi connectivity index (χ0v) is 10.1. The van der Waals surface area contributed by atoms with Crippen molar-refractivity contribution in [3.05, 3.63) is 0 Å². The third-order valence-electron chi connectivity index (χ3n) is 2.67. The molecule has 12 heavy (non-hydrogen) atoms. The highest BCUT2D eigenvalue weighted by molar-refractivity contribution is 6.71. The Morgan fingerprint density at radius 1 is 1.25 bits per heavy atom. The van der Waals surface area contributed by atoms with Gasteiger partial charge in [-0.25, -0.2) is 0 Å². The van der Waals surface area contributed by atoms with E-state index in [1.54, 1.807) is 0 Å². The van der Waals surface area contributed by atoms with Crippen LogP contribution in [0.25, 0.3) is 0 Å². The average molecular weight is 186 g/mol. The molecule has 0 spiro atoms. The van der Waals surface area contributed by atoms with E-state index in [4.69, 9.17) is 4.43 Å². The zero-order chi connectivity index (χ0) is 9.41. The van der Waals surface area contributed by atoms with E-state index in [0.717, 1.165) is 0 Å².